The fourth-order valence-corrected chi connectivity index (χ4v) is 6.43. The van der Waals surface area contributed by atoms with Crippen LogP contribution < -0.4 is 25.8 Å². The van der Waals surface area contributed by atoms with E-state index < -0.39 is 22.9 Å². The van der Waals surface area contributed by atoms with Gasteiger partial charge < -0.3 is 25.8 Å². The third-order valence-corrected chi connectivity index (χ3v) is 9.29. The molecule has 0 spiro atoms. The van der Waals surface area contributed by atoms with Crippen LogP contribution in [0.4, 0.5) is 0 Å². The number of aryl methyl sites for hydroxylation is 1. The fourth-order valence-electron chi connectivity index (χ4n) is 5.49. The first-order chi connectivity index (χ1) is 18.4. The van der Waals surface area contributed by atoms with Gasteiger partial charge in [0.1, 0.15) is 33.8 Å². The first-order valence-electron chi connectivity index (χ1n) is 13.3. The number of nitrogens with zero attached hydrogens (tertiary/aromatic N) is 2. The Hall–Kier alpha value is -3.24. The zero-order valence-electron chi connectivity index (χ0n) is 23.5. The van der Waals surface area contributed by atoms with Crippen LogP contribution in [0.1, 0.15) is 58.2 Å². The minimum atomic E-state index is -0.955. The van der Waals surface area contributed by atoms with Crippen LogP contribution in [0.2, 0.25) is 0 Å². The highest BCUT2D eigenvalue weighted by Crippen LogP contribution is 2.44. The van der Waals surface area contributed by atoms with Crippen molar-refractivity contribution in [2.45, 2.75) is 71.6 Å². The predicted octanol–water partition coefficient (Wildman–Crippen LogP) is 3.92. The molecule has 2 aromatic heterocycles. The molecule has 39 heavy (non-hydrogen) atoms. The van der Waals surface area contributed by atoms with Gasteiger partial charge in [-0.3, -0.25) is 9.59 Å². The molecule has 3 heterocycles. The second kappa shape index (κ2) is 9.75. The number of benzene rings is 1. The van der Waals surface area contributed by atoms with Crippen LogP contribution in [0.3, 0.4) is 0 Å². The molecule has 4 atom stereocenters. The van der Waals surface area contributed by atoms with Gasteiger partial charge in [-0.15, -0.1) is 11.3 Å². The number of thiazole rings is 1. The van der Waals surface area contributed by atoms with Crippen molar-refractivity contribution in [2.24, 2.45) is 17.1 Å². The molecule has 0 radical (unpaired) electrons. The minimum absolute atomic E-state index is 0.0272. The summed E-state index contributed by atoms with van der Waals surface area (Å²) in [5, 5.41) is 10.0. The normalized spacial score (nSPS) is 25.6. The number of pyridine rings is 1. The lowest BCUT2D eigenvalue weighted by Crippen LogP contribution is -2.56. The maximum Gasteiger partial charge on any atom is 0.243 e. The summed E-state index contributed by atoms with van der Waals surface area (Å²) in [6.45, 7) is 12.6. The molecule has 208 valence electrons. The molecule has 2 aliphatic rings. The monoisotopic (exact) mass is 551 g/mol. The van der Waals surface area contributed by atoms with Gasteiger partial charge in [-0.05, 0) is 37.3 Å². The lowest BCUT2D eigenvalue weighted by molar-refractivity contribution is -0.131. The number of carbonyl (C=O) groups excluding carboxylic acids is 2. The summed E-state index contributed by atoms with van der Waals surface area (Å²) in [6, 6.07) is 5.27. The van der Waals surface area contributed by atoms with Gasteiger partial charge in [0.2, 0.25) is 11.8 Å². The molecule has 1 saturated carbocycles. The summed E-state index contributed by atoms with van der Waals surface area (Å²) >= 11 is 1.56. The summed E-state index contributed by atoms with van der Waals surface area (Å²) in [6.07, 6.45) is 0.239. The van der Waals surface area contributed by atoms with Gasteiger partial charge in [0.25, 0.3) is 0 Å². The van der Waals surface area contributed by atoms with E-state index in [1.807, 2.05) is 45.9 Å². The van der Waals surface area contributed by atoms with E-state index >= 15 is 0 Å². The Morgan fingerprint density at radius 2 is 1.95 bits per heavy atom. The smallest absolute Gasteiger partial charge is 0.243 e. The van der Waals surface area contributed by atoms with E-state index in [9.17, 15) is 9.59 Å². The molecule has 2 amide bonds. The first kappa shape index (κ1) is 27.3. The van der Waals surface area contributed by atoms with Crippen LogP contribution in [0.15, 0.2) is 23.6 Å². The van der Waals surface area contributed by atoms with Gasteiger partial charge in [0.05, 0.1) is 24.4 Å². The van der Waals surface area contributed by atoms with Crippen molar-refractivity contribution in [1.82, 2.24) is 20.6 Å². The van der Waals surface area contributed by atoms with Gasteiger partial charge in [-0.2, -0.15) is 0 Å². The quantitative estimate of drug-likeness (QED) is 0.387. The number of fused-ring (bicyclic) bond motifs is 1. The Bertz CT molecular complexity index is 1450. The van der Waals surface area contributed by atoms with E-state index in [0.29, 0.717) is 24.6 Å². The van der Waals surface area contributed by atoms with E-state index in [2.05, 4.69) is 29.9 Å². The van der Waals surface area contributed by atoms with Crippen LogP contribution in [-0.4, -0.2) is 53.1 Å². The molecule has 5 rings (SSSR count). The number of ether oxygens (including phenoxy) is 2. The zero-order valence-corrected chi connectivity index (χ0v) is 24.4. The number of amides is 2. The third-order valence-electron chi connectivity index (χ3n) is 8.41. The number of aromatic nitrogens is 2. The number of hydrogen-bond acceptors (Lipinski definition) is 8. The minimum Gasteiger partial charge on any atom is -0.496 e. The molecule has 3 aromatic rings. The number of rotatable bonds is 8. The molecular formula is C29H37N5O4S. The Morgan fingerprint density at radius 1 is 1.23 bits per heavy atom. The number of nitrogens with one attached hydrogen (secondary N) is 2. The average molecular weight is 552 g/mol. The molecule has 1 saturated heterocycles. The standard InChI is InChI=1S/C29H37N5O4S/c1-14(2)19-13-39-26(33-19)18-10-21(17-8-9-20(37-7)16(4)23(17)32-18)38-22-12-31-24(28(22,5)6)25(35)34-29(27(30)36)11-15(29)3/h8-10,13-15,22,24,31H,11-12H2,1-7H3,(H2,30,36)(H,34,35). The van der Waals surface area contributed by atoms with Crippen LogP contribution in [0, 0.1) is 18.3 Å². The van der Waals surface area contributed by atoms with Crippen LogP contribution in [0.25, 0.3) is 21.6 Å². The summed E-state index contributed by atoms with van der Waals surface area (Å²) < 4.78 is 12.3. The Morgan fingerprint density at radius 3 is 2.54 bits per heavy atom. The molecule has 1 aliphatic carbocycles. The average Bonchev–Trinajstić information content (AvgIpc) is 3.19. The molecule has 10 heteroatoms. The van der Waals surface area contributed by atoms with E-state index in [0.717, 1.165) is 38.6 Å². The fraction of sp³-hybridized carbons (Fsp3) is 0.517. The number of hydrogen-bond donors (Lipinski definition) is 3. The summed E-state index contributed by atoms with van der Waals surface area (Å²) in [5.41, 5.74) is 7.54. The molecule has 1 aliphatic heterocycles. The van der Waals surface area contributed by atoms with Gasteiger partial charge in [0.15, 0.2) is 0 Å². The van der Waals surface area contributed by atoms with Crippen LogP contribution in [0.5, 0.6) is 11.5 Å². The molecule has 0 bridgehead atoms. The molecule has 9 nitrogen and oxygen atoms in total. The maximum absolute atomic E-state index is 13.3. The molecule has 4 unspecified atom stereocenters. The number of methoxy groups -OCH3 is 1. The van der Waals surface area contributed by atoms with Crippen LogP contribution >= 0.6 is 11.3 Å². The third kappa shape index (κ3) is 4.63. The highest BCUT2D eigenvalue weighted by molar-refractivity contribution is 7.13. The first-order valence-corrected chi connectivity index (χ1v) is 14.2. The highest BCUT2D eigenvalue weighted by Gasteiger charge is 2.59. The molecule has 4 N–H and O–H groups in total. The van der Waals surface area contributed by atoms with E-state index in [1.54, 1.807) is 18.4 Å². The zero-order chi connectivity index (χ0) is 28.3. The Balaban J connectivity index is 1.48. The molecular weight excluding hydrogens is 514 g/mol. The van der Waals surface area contributed by atoms with Crippen molar-refractivity contribution in [2.75, 3.05) is 13.7 Å². The van der Waals surface area contributed by atoms with Gasteiger partial charge in [0, 0.05) is 34.4 Å². The Labute approximate surface area is 232 Å². The largest absolute Gasteiger partial charge is 0.496 e. The second-order valence-corrected chi connectivity index (χ2v) is 12.6. The van der Waals surface area contributed by atoms with Crippen molar-refractivity contribution in [1.29, 1.82) is 0 Å². The predicted molar refractivity (Wildman–Crippen MR) is 152 cm³/mol. The van der Waals surface area contributed by atoms with Crippen molar-refractivity contribution in [3.05, 3.63) is 34.8 Å². The van der Waals surface area contributed by atoms with Crippen molar-refractivity contribution in [3.8, 4) is 22.2 Å². The molecule has 2 fully saturated rings. The topological polar surface area (TPSA) is 128 Å². The summed E-state index contributed by atoms with van der Waals surface area (Å²) in [5.74, 6) is 1.04. The van der Waals surface area contributed by atoms with E-state index in [-0.39, 0.29) is 17.9 Å². The van der Waals surface area contributed by atoms with Crippen LogP contribution in [-0.2, 0) is 9.59 Å². The summed E-state index contributed by atoms with van der Waals surface area (Å²) in [4.78, 5) is 35.2. The SMILES string of the molecule is COc1ccc2c(OC3CNC(C(=O)NC4(C(N)=O)CC4C)C3(C)C)cc(-c3nc(C(C)C)cs3)nc2c1C. The van der Waals surface area contributed by atoms with Gasteiger partial charge in [-0.1, -0.05) is 34.6 Å². The lowest BCUT2D eigenvalue weighted by atomic mass is 9.82. The van der Waals surface area contributed by atoms with Gasteiger partial charge in [-0.25, -0.2) is 9.97 Å². The van der Waals surface area contributed by atoms with Crippen molar-refractivity contribution >= 4 is 34.1 Å². The van der Waals surface area contributed by atoms with E-state index in [1.165, 1.54) is 0 Å². The second-order valence-electron chi connectivity index (χ2n) is 11.7. The number of carbonyl (C=O) groups is 2. The number of nitrogens with two attached hydrogens (primary N) is 1. The molecule has 1 aromatic carbocycles. The van der Waals surface area contributed by atoms with E-state index in [4.69, 9.17) is 25.2 Å². The van der Waals surface area contributed by atoms with Crippen molar-refractivity contribution < 1.29 is 19.1 Å². The highest BCUT2D eigenvalue weighted by atomic mass is 32.1. The lowest BCUT2D eigenvalue weighted by Gasteiger charge is -2.32. The van der Waals surface area contributed by atoms with Crippen molar-refractivity contribution in [3.63, 3.8) is 0 Å². The number of primary amides is 1. The Kier molecular flexibility index (Phi) is 6.83. The summed E-state index contributed by atoms with van der Waals surface area (Å²) in [7, 11) is 1.65. The maximum atomic E-state index is 13.3. The van der Waals surface area contributed by atoms with Gasteiger partial charge >= 0.3 is 0 Å².